The number of thioether (sulfide) groups is 1. The number of halogens is 3. The highest BCUT2D eigenvalue weighted by Gasteiger charge is 2.40. The zero-order chi connectivity index (χ0) is 16.0. The van der Waals surface area contributed by atoms with Gasteiger partial charge in [-0.2, -0.15) is 13.2 Å². The Morgan fingerprint density at radius 3 is 2.62 bits per heavy atom. The first-order valence-electron chi connectivity index (χ1n) is 7.03. The van der Waals surface area contributed by atoms with Gasteiger partial charge >= 0.3 is 6.18 Å². The third kappa shape index (κ3) is 6.15. The predicted molar refractivity (Wildman–Crippen MR) is 79.4 cm³/mol. The average Bonchev–Trinajstić information content (AvgIpc) is 2.75. The highest BCUT2D eigenvalue weighted by Crippen LogP contribution is 2.36. The van der Waals surface area contributed by atoms with Gasteiger partial charge in [0.15, 0.2) is 5.17 Å². The summed E-state index contributed by atoms with van der Waals surface area (Å²) in [4.78, 5) is 15.1. The molecular formula is C13H22F3N3OS. The summed E-state index contributed by atoms with van der Waals surface area (Å²) in [6.07, 6.45) is -3.37. The third-order valence-electron chi connectivity index (χ3n) is 3.31. The molecule has 1 rings (SSSR count). The molecule has 4 nitrogen and oxygen atoms in total. The van der Waals surface area contributed by atoms with E-state index in [1.807, 2.05) is 6.92 Å². The highest BCUT2D eigenvalue weighted by atomic mass is 32.2. The molecule has 0 radical (unpaired) electrons. The van der Waals surface area contributed by atoms with Crippen LogP contribution in [0.25, 0.3) is 0 Å². The molecule has 0 bridgehead atoms. The van der Waals surface area contributed by atoms with Crippen LogP contribution in [0.4, 0.5) is 13.2 Å². The Bertz CT molecular complexity index is 387. The first-order chi connectivity index (χ1) is 9.74. The molecule has 0 saturated heterocycles. The molecule has 122 valence electrons. The number of rotatable bonds is 6. The fourth-order valence-electron chi connectivity index (χ4n) is 2.04. The lowest BCUT2D eigenvalue weighted by Gasteiger charge is -2.21. The summed E-state index contributed by atoms with van der Waals surface area (Å²) < 4.78 is 37.9. The van der Waals surface area contributed by atoms with Gasteiger partial charge in [0.1, 0.15) is 0 Å². The van der Waals surface area contributed by atoms with Crippen LogP contribution in [-0.2, 0) is 4.79 Å². The summed E-state index contributed by atoms with van der Waals surface area (Å²) in [5, 5.41) is 6.46. The van der Waals surface area contributed by atoms with Crippen molar-refractivity contribution in [2.45, 2.75) is 51.1 Å². The van der Waals surface area contributed by atoms with Crippen LogP contribution in [-0.4, -0.2) is 41.6 Å². The Balaban J connectivity index is 2.48. The normalized spacial score (nSPS) is 23.6. The maximum atomic E-state index is 12.6. The molecule has 1 heterocycles. The molecule has 21 heavy (non-hydrogen) atoms. The Hall–Kier alpha value is -0.920. The number of hydrogen-bond acceptors (Lipinski definition) is 4. The lowest BCUT2D eigenvalue weighted by Crippen LogP contribution is -2.32. The van der Waals surface area contributed by atoms with Crippen LogP contribution in [0.5, 0.6) is 0 Å². The summed E-state index contributed by atoms with van der Waals surface area (Å²) in [6, 6.07) is -0.306. The standard InChI is InChI=1S/C13H22F3N3OS/c1-4-11-10(7-8(2)13(14,15)16)19-12(21-11)18-6-5-17-9(3)20/h8,10-11H,4-7H2,1-3H3,(H,17,20)(H,18,19). The summed E-state index contributed by atoms with van der Waals surface area (Å²) >= 11 is 1.49. The third-order valence-corrected chi connectivity index (χ3v) is 4.73. The van der Waals surface area contributed by atoms with E-state index in [4.69, 9.17) is 0 Å². The molecule has 1 aliphatic rings. The SMILES string of the molecule is CCC1SC(NCCNC(C)=O)=NC1CC(C)C(F)(F)F. The van der Waals surface area contributed by atoms with Crippen molar-refractivity contribution in [1.82, 2.24) is 10.6 Å². The molecule has 0 saturated carbocycles. The van der Waals surface area contributed by atoms with Gasteiger partial charge in [0.25, 0.3) is 0 Å². The second kappa shape index (κ2) is 7.91. The molecule has 8 heteroatoms. The van der Waals surface area contributed by atoms with E-state index in [9.17, 15) is 18.0 Å². The van der Waals surface area contributed by atoms with E-state index in [1.54, 1.807) is 0 Å². The van der Waals surface area contributed by atoms with E-state index in [2.05, 4.69) is 15.6 Å². The van der Waals surface area contributed by atoms with Gasteiger partial charge in [-0.1, -0.05) is 25.6 Å². The van der Waals surface area contributed by atoms with Crippen molar-refractivity contribution in [3.63, 3.8) is 0 Å². The van der Waals surface area contributed by atoms with Gasteiger partial charge in [0.05, 0.1) is 12.0 Å². The molecule has 1 aliphatic heterocycles. The first kappa shape index (κ1) is 18.1. The van der Waals surface area contributed by atoms with Crippen LogP contribution in [0.2, 0.25) is 0 Å². The average molecular weight is 325 g/mol. The largest absolute Gasteiger partial charge is 0.391 e. The number of nitrogens with zero attached hydrogens (tertiary/aromatic N) is 1. The number of amidine groups is 1. The van der Waals surface area contributed by atoms with Gasteiger partial charge in [-0.3, -0.25) is 9.79 Å². The number of carbonyl (C=O) groups is 1. The van der Waals surface area contributed by atoms with Crippen molar-refractivity contribution in [3.05, 3.63) is 0 Å². The predicted octanol–water partition coefficient (Wildman–Crippen LogP) is 2.55. The summed E-state index contributed by atoms with van der Waals surface area (Å²) in [5.74, 6) is -1.46. The summed E-state index contributed by atoms with van der Waals surface area (Å²) in [7, 11) is 0. The topological polar surface area (TPSA) is 53.5 Å². The van der Waals surface area contributed by atoms with Gasteiger partial charge in [-0.15, -0.1) is 0 Å². The summed E-state index contributed by atoms with van der Waals surface area (Å²) in [5.41, 5.74) is 0. The monoisotopic (exact) mass is 325 g/mol. The number of alkyl halides is 3. The molecule has 3 unspecified atom stereocenters. The highest BCUT2D eigenvalue weighted by molar-refractivity contribution is 8.14. The van der Waals surface area contributed by atoms with E-state index < -0.39 is 12.1 Å². The van der Waals surface area contributed by atoms with Gasteiger partial charge in [-0.25, -0.2) is 0 Å². The Kier molecular flexibility index (Phi) is 6.83. The number of amides is 1. The number of nitrogens with one attached hydrogen (secondary N) is 2. The lowest BCUT2D eigenvalue weighted by molar-refractivity contribution is -0.172. The molecule has 1 amide bonds. The molecule has 0 aliphatic carbocycles. The fraction of sp³-hybridized carbons (Fsp3) is 0.846. The second-order valence-electron chi connectivity index (χ2n) is 5.15. The van der Waals surface area contributed by atoms with Crippen LogP contribution >= 0.6 is 11.8 Å². The molecule has 0 aromatic carbocycles. The molecule has 0 spiro atoms. The fourth-order valence-corrected chi connectivity index (χ4v) is 3.20. The van der Waals surface area contributed by atoms with Crippen molar-refractivity contribution in [2.24, 2.45) is 10.9 Å². The van der Waals surface area contributed by atoms with Crippen LogP contribution in [0, 0.1) is 5.92 Å². The summed E-state index contributed by atoms with van der Waals surface area (Å²) in [6.45, 7) is 5.58. The Morgan fingerprint density at radius 1 is 1.43 bits per heavy atom. The van der Waals surface area contributed by atoms with Crippen molar-refractivity contribution < 1.29 is 18.0 Å². The molecule has 2 N–H and O–H groups in total. The zero-order valence-electron chi connectivity index (χ0n) is 12.5. The smallest absolute Gasteiger partial charge is 0.363 e. The Morgan fingerprint density at radius 2 is 2.10 bits per heavy atom. The molecular weight excluding hydrogens is 303 g/mol. The van der Waals surface area contributed by atoms with Crippen LogP contribution in [0.15, 0.2) is 4.99 Å². The zero-order valence-corrected chi connectivity index (χ0v) is 13.3. The van der Waals surface area contributed by atoms with Gasteiger partial charge < -0.3 is 10.6 Å². The van der Waals surface area contributed by atoms with E-state index >= 15 is 0 Å². The first-order valence-corrected chi connectivity index (χ1v) is 7.91. The van der Waals surface area contributed by atoms with E-state index in [0.29, 0.717) is 18.3 Å². The van der Waals surface area contributed by atoms with Crippen molar-refractivity contribution in [1.29, 1.82) is 0 Å². The van der Waals surface area contributed by atoms with Crippen LogP contribution < -0.4 is 10.6 Å². The minimum atomic E-state index is -4.17. The molecule has 0 aromatic heterocycles. The maximum absolute atomic E-state index is 12.6. The van der Waals surface area contributed by atoms with E-state index in [1.165, 1.54) is 25.6 Å². The van der Waals surface area contributed by atoms with Crippen molar-refractivity contribution >= 4 is 22.8 Å². The van der Waals surface area contributed by atoms with E-state index in [-0.39, 0.29) is 23.6 Å². The molecule has 0 aromatic rings. The second-order valence-corrected chi connectivity index (χ2v) is 6.38. The number of aliphatic imine (C=N–C) groups is 1. The van der Waals surface area contributed by atoms with Crippen LogP contribution in [0.3, 0.4) is 0 Å². The molecule has 3 atom stereocenters. The van der Waals surface area contributed by atoms with Crippen molar-refractivity contribution in [2.75, 3.05) is 13.1 Å². The number of hydrogen-bond donors (Lipinski definition) is 2. The quantitative estimate of drug-likeness (QED) is 0.738. The Labute approximate surface area is 127 Å². The minimum absolute atomic E-state index is 0.0197. The number of carbonyl (C=O) groups excluding carboxylic acids is 1. The van der Waals surface area contributed by atoms with Gasteiger partial charge in [-0.05, 0) is 12.8 Å². The van der Waals surface area contributed by atoms with Crippen LogP contribution in [0.1, 0.15) is 33.6 Å². The molecule has 0 fully saturated rings. The lowest BCUT2D eigenvalue weighted by atomic mass is 9.98. The maximum Gasteiger partial charge on any atom is 0.391 e. The van der Waals surface area contributed by atoms with Crippen molar-refractivity contribution in [3.8, 4) is 0 Å². The minimum Gasteiger partial charge on any atom is -0.363 e. The van der Waals surface area contributed by atoms with Gasteiger partial charge in [0.2, 0.25) is 5.91 Å². The van der Waals surface area contributed by atoms with E-state index in [0.717, 1.165) is 6.42 Å². The van der Waals surface area contributed by atoms with Gasteiger partial charge in [0, 0.05) is 25.3 Å².